The summed E-state index contributed by atoms with van der Waals surface area (Å²) in [5, 5.41) is 4.20. The zero-order valence-corrected chi connectivity index (χ0v) is 14.8. The molecule has 0 unspecified atom stereocenters. The molecule has 2 aromatic carbocycles. The first kappa shape index (κ1) is 18.9. The molecule has 0 aliphatic rings. The normalized spacial score (nSPS) is 11.4. The van der Waals surface area contributed by atoms with Gasteiger partial charge < -0.3 is 4.74 Å². The fourth-order valence-electron chi connectivity index (χ4n) is 1.84. The van der Waals surface area contributed by atoms with Gasteiger partial charge in [-0.2, -0.15) is 5.10 Å². The van der Waals surface area contributed by atoms with Crippen molar-refractivity contribution in [3.63, 3.8) is 0 Å². The summed E-state index contributed by atoms with van der Waals surface area (Å²) in [4.78, 5) is 11.7. The average molecular weight is 382 g/mol. The van der Waals surface area contributed by atoms with E-state index >= 15 is 0 Å². The molecule has 0 fully saturated rings. The Kier molecular flexibility index (Phi) is 6.51. The molecule has 0 spiro atoms. The second-order valence-electron chi connectivity index (χ2n) is 4.81. The number of nitrogens with one attached hydrogen (secondary N) is 2. The van der Waals surface area contributed by atoms with Crippen LogP contribution >= 0.6 is 11.6 Å². The zero-order chi connectivity index (χ0) is 18.3. The molecule has 2 aromatic rings. The van der Waals surface area contributed by atoms with Gasteiger partial charge in [-0.1, -0.05) is 23.7 Å². The number of nitrogens with zero attached hydrogens (tertiary/aromatic N) is 1. The number of ether oxygens (including phenoxy) is 1. The number of methoxy groups -OCH3 is 1. The number of para-hydroxylation sites is 1. The van der Waals surface area contributed by atoms with Crippen LogP contribution in [0.2, 0.25) is 5.02 Å². The molecule has 1 amide bonds. The van der Waals surface area contributed by atoms with E-state index in [2.05, 4.69) is 15.2 Å². The highest BCUT2D eigenvalue weighted by Crippen LogP contribution is 2.15. The number of carbonyl (C=O) groups is 1. The van der Waals surface area contributed by atoms with Crippen LogP contribution in [0.1, 0.15) is 5.56 Å². The van der Waals surface area contributed by atoms with E-state index in [1.54, 1.807) is 24.3 Å². The third-order valence-corrected chi connectivity index (χ3v) is 4.75. The van der Waals surface area contributed by atoms with Crippen molar-refractivity contribution in [3.8, 4) is 5.75 Å². The van der Waals surface area contributed by atoms with Crippen molar-refractivity contribution >= 4 is 33.7 Å². The van der Waals surface area contributed by atoms with Crippen LogP contribution < -0.4 is 14.9 Å². The van der Waals surface area contributed by atoms with Crippen molar-refractivity contribution in [2.24, 2.45) is 5.10 Å². The first-order chi connectivity index (χ1) is 11.9. The molecule has 0 saturated heterocycles. The van der Waals surface area contributed by atoms with E-state index in [0.717, 1.165) is 0 Å². The molecule has 132 valence electrons. The predicted octanol–water partition coefficient (Wildman–Crippen LogP) is 1.78. The van der Waals surface area contributed by atoms with Gasteiger partial charge in [0.25, 0.3) is 5.91 Å². The summed E-state index contributed by atoms with van der Waals surface area (Å²) < 4.78 is 31.4. The molecule has 0 aromatic heterocycles. The molecule has 0 bridgehead atoms. The number of benzene rings is 2. The lowest BCUT2D eigenvalue weighted by molar-refractivity contribution is -0.119. The van der Waals surface area contributed by atoms with Gasteiger partial charge in [0, 0.05) is 10.6 Å². The van der Waals surface area contributed by atoms with Crippen LogP contribution in [0, 0.1) is 0 Å². The summed E-state index contributed by atoms with van der Waals surface area (Å²) in [7, 11) is -2.28. The molecule has 7 nitrogen and oxygen atoms in total. The van der Waals surface area contributed by atoms with E-state index in [9.17, 15) is 13.2 Å². The van der Waals surface area contributed by atoms with Crippen LogP contribution in [0.3, 0.4) is 0 Å². The average Bonchev–Trinajstić information content (AvgIpc) is 2.61. The van der Waals surface area contributed by atoms with Gasteiger partial charge in [0.05, 0.1) is 24.8 Å². The monoisotopic (exact) mass is 381 g/mol. The number of halogens is 1. The maximum absolute atomic E-state index is 12.0. The molecule has 0 radical (unpaired) electrons. The molecule has 25 heavy (non-hydrogen) atoms. The highest BCUT2D eigenvalue weighted by molar-refractivity contribution is 7.89. The van der Waals surface area contributed by atoms with E-state index in [1.165, 1.54) is 37.6 Å². The summed E-state index contributed by atoms with van der Waals surface area (Å²) in [5.74, 6) is -0.00683. The molecule has 0 heterocycles. The van der Waals surface area contributed by atoms with Gasteiger partial charge in [0.2, 0.25) is 10.0 Å². The van der Waals surface area contributed by atoms with Crippen LogP contribution in [0.5, 0.6) is 5.75 Å². The molecule has 2 N–H and O–H groups in total. The number of hydrogen-bond acceptors (Lipinski definition) is 5. The van der Waals surface area contributed by atoms with E-state index in [-0.39, 0.29) is 4.90 Å². The standard InChI is InChI=1S/C16H16ClN3O4S/c1-24-15-5-3-2-4-12(15)10-18-20-16(21)11-19-25(22,23)14-8-6-13(17)7-9-14/h2-10,19H,11H2,1H3,(H,20,21)/b18-10-. The molecule has 0 aliphatic carbocycles. The minimum atomic E-state index is -3.80. The summed E-state index contributed by atoms with van der Waals surface area (Å²) in [6.07, 6.45) is 1.41. The minimum Gasteiger partial charge on any atom is -0.496 e. The Balaban J connectivity index is 1.90. The third kappa shape index (κ3) is 5.56. The Labute approximate surface area is 150 Å². The molecule has 9 heteroatoms. The van der Waals surface area contributed by atoms with Crippen molar-refractivity contribution in [2.75, 3.05) is 13.7 Å². The van der Waals surface area contributed by atoms with Gasteiger partial charge in [0.1, 0.15) is 5.75 Å². The van der Waals surface area contributed by atoms with Crippen LogP contribution in [0.25, 0.3) is 0 Å². The SMILES string of the molecule is COc1ccccc1/C=N\NC(=O)CNS(=O)(=O)c1ccc(Cl)cc1. The van der Waals surface area contributed by atoms with Crippen LogP contribution in [-0.2, 0) is 14.8 Å². The summed E-state index contributed by atoms with van der Waals surface area (Å²) in [6.45, 7) is -0.450. The highest BCUT2D eigenvalue weighted by Gasteiger charge is 2.15. The first-order valence-corrected chi connectivity index (χ1v) is 8.98. The molecule has 2 rings (SSSR count). The maximum Gasteiger partial charge on any atom is 0.255 e. The van der Waals surface area contributed by atoms with E-state index in [1.807, 2.05) is 0 Å². The Bertz CT molecular complexity index is 867. The van der Waals surface area contributed by atoms with E-state index < -0.39 is 22.5 Å². The van der Waals surface area contributed by atoms with Gasteiger partial charge >= 0.3 is 0 Å². The van der Waals surface area contributed by atoms with Gasteiger partial charge in [-0.3, -0.25) is 4.79 Å². The fraction of sp³-hybridized carbons (Fsp3) is 0.125. The van der Waals surface area contributed by atoms with Crippen molar-refractivity contribution in [2.45, 2.75) is 4.90 Å². The van der Waals surface area contributed by atoms with Crippen molar-refractivity contribution in [1.82, 2.24) is 10.1 Å². The number of sulfonamides is 1. The number of rotatable bonds is 7. The van der Waals surface area contributed by atoms with Crippen molar-refractivity contribution < 1.29 is 17.9 Å². The summed E-state index contributed by atoms with van der Waals surface area (Å²) in [5.41, 5.74) is 2.92. The largest absolute Gasteiger partial charge is 0.496 e. The molecular weight excluding hydrogens is 366 g/mol. The number of hydrazone groups is 1. The van der Waals surface area contributed by atoms with Crippen LogP contribution in [0.4, 0.5) is 0 Å². The molecule has 0 aliphatic heterocycles. The van der Waals surface area contributed by atoms with Crippen molar-refractivity contribution in [3.05, 3.63) is 59.1 Å². The lowest BCUT2D eigenvalue weighted by Gasteiger charge is -2.06. The lowest BCUT2D eigenvalue weighted by Crippen LogP contribution is -2.34. The minimum absolute atomic E-state index is 0.0159. The Hall–Kier alpha value is -2.42. The Morgan fingerprint density at radius 3 is 2.56 bits per heavy atom. The summed E-state index contributed by atoms with van der Waals surface area (Å²) in [6, 6.07) is 12.7. The third-order valence-electron chi connectivity index (χ3n) is 3.08. The van der Waals surface area contributed by atoms with E-state index in [0.29, 0.717) is 16.3 Å². The van der Waals surface area contributed by atoms with Gasteiger partial charge in [-0.05, 0) is 36.4 Å². The quantitative estimate of drug-likeness (QED) is 0.564. The Morgan fingerprint density at radius 2 is 1.88 bits per heavy atom. The second-order valence-corrected chi connectivity index (χ2v) is 7.02. The fourth-order valence-corrected chi connectivity index (χ4v) is 2.95. The van der Waals surface area contributed by atoms with Gasteiger partial charge in [-0.25, -0.2) is 18.6 Å². The Morgan fingerprint density at radius 1 is 1.20 bits per heavy atom. The predicted molar refractivity (Wildman–Crippen MR) is 95.4 cm³/mol. The van der Waals surface area contributed by atoms with Gasteiger partial charge in [0.15, 0.2) is 0 Å². The van der Waals surface area contributed by atoms with Gasteiger partial charge in [-0.15, -0.1) is 0 Å². The molecule has 0 atom stereocenters. The van der Waals surface area contributed by atoms with E-state index in [4.69, 9.17) is 16.3 Å². The van der Waals surface area contributed by atoms with Crippen molar-refractivity contribution in [1.29, 1.82) is 0 Å². The smallest absolute Gasteiger partial charge is 0.255 e. The number of carbonyl (C=O) groups excluding carboxylic acids is 1. The highest BCUT2D eigenvalue weighted by atomic mass is 35.5. The molecule has 0 saturated carbocycles. The lowest BCUT2D eigenvalue weighted by atomic mass is 10.2. The summed E-state index contributed by atoms with van der Waals surface area (Å²) >= 11 is 5.71. The second kappa shape index (κ2) is 8.61. The van der Waals surface area contributed by atoms with Crippen LogP contribution in [-0.4, -0.2) is 34.2 Å². The van der Waals surface area contributed by atoms with Crippen LogP contribution in [0.15, 0.2) is 58.5 Å². The maximum atomic E-state index is 12.0. The first-order valence-electron chi connectivity index (χ1n) is 7.12. The molecular formula is C16H16ClN3O4S. The topological polar surface area (TPSA) is 96.9 Å². The number of amides is 1. The number of hydrogen-bond donors (Lipinski definition) is 2. The zero-order valence-electron chi connectivity index (χ0n) is 13.3.